The number of esters is 3. The minimum absolute atomic E-state index is 0.0798. The van der Waals surface area contributed by atoms with Crippen molar-refractivity contribution < 1.29 is 28.6 Å². The zero-order valence-corrected chi connectivity index (χ0v) is 46.0. The van der Waals surface area contributed by atoms with Gasteiger partial charge in [-0.2, -0.15) is 0 Å². The minimum Gasteiger partial charge on any atom is -0.462 e. The average molecular weight is 976 g/mol. The van der Waals surface area contributed by atoms with Crippen molar-refractivity contribution in [3.05, 3.63) is 85.1 Å². The first-order chi connectivity index (χ1) is 34.5. The van der Waals surface area contributed by atoms with E-state index in [0.29, 0.717) is 19.3 Å². The monoisotopic (exact) mass is 975 g/mol. The van der Waals surface area contributed by atoms with Crippen LogP contribution in [0.5, 0.6) is 0 Å². The SMILES string of the molecule is CC/C=C\C/C=C\C/C=C\C/C=C\C/C=C\C/C=C\CCCCCCCCCCC(=O)OCC(COC(=O)CCCCCCCCCCCCC)OC(=O)CCCCCCC/C=C\CCCCCCC. The van der Waals surface area contributed by atoms with Crippen molar-refractivity contribution in [3.63, 3.8) is 0 Å². The van der Waals surface area contributed by atoms with E-state index in [1.54, 1.807) is 0 Å². The Morgan fingerprint density at radius 1 is 0.300 bits per heavy atom. The summed E-state index contributed by atoms with van der Waals surface area (Å²) in [6, 6.07) is 0. The van der Waals surface area contributed by atoms with E-state index in [2.05, 4.69) is 106 Å². The first kappa shape index (κ1) is 66.6. The second-order valence-electron chi connectivity index (χ2n) is 19.5. The van der Waals surface area contributed by atoms with E-state index in [-0.39, 0.29) is 31.1 Å². The van der Waals surface area contributed by atoms with Crippen molar-refractivity contribution in [2.75, 3.05) is 13.2 Å². The molecule has 0 spiro atoms. The van der Waals surface area contributed by atoms with Gasteiger partial charge in [0, 0.05) is 19.3 Å². The fraction of sp³-hybridized carbons (Fsp3) is 0.734. The molecule has 1 unspecified atom stereocenters. The Balaban J connectivity index is 4.27. The summed E-state index contributed by atoms with van der Waals surface area (Å²) >= 11 is 0. The lowest BCUT2D eigenvalue weighted by Crippen LogP contribution is -2.30. The Morgan fingerprint density at radius 3 is 0.886 bits per heavy atom. The molecule has 0 heterocycles. The lowest BCUT2D eigenvalue weighted by Gasteiger charge is -2.18. The Bertz CT molecular complexity index is 1350. The number of rotatable bonds is 53. The fourth-order valence-corrected chi connectivity index (χ4v) is 8.21. The number of hydrogen-bond donors (Lipinski definition) is 0. The Labute approximate surface area is 433 Å². The first-order valence-electron chi connectivity index (χ1n) is 29.6. The number of carbonyl (C=O) groups excluding carboxylic acids is 3. The third-order valence-electron chi connectivity index (χ3n) is 12.6. The molecule has 1 atom stereocenters. The molecule has 0 aliphatic carbocycles. The maximum Gasteiger partial charge on any atom is 0.306 e. The Morgan fingerprint density at radius 2 is 0.557 bits per heavy atom. The molecule has 0 amide bonds. The maximum absolute atomic E-state index is 12.8. The van der Waals surface area contributed by atoms with Crippen LogP contribution in [0.4, 0.5) is 0 Å². The number of hydrogen-bond acceptors (Lipinski definition) is 6. The fourth-order valence-electron chi connectivity index (χ4n) is 8.21. The topological polar surface area (TPSA) is 78.9 Å². The van der Waals surface area contributed by atoms with E-state index in [0.717, 1.165) is 116 Å². The summed E-state index contributed by atoms with van der Waals surface area (Å²) in [5.41, 5.74) is 0. The molecule has 6 heteroatoms. The van der Waals surface area contributed by atoms with Crippen LogP contribution in [0.15, 0.2) is 85.1 Å². The lowest BCUT2D eigenvalue weighted by molar-refractivity contribution is -0.167. The van der Waals surface area contributed by atoms with Crippen LogP contribution in [-0.2, 0) is 28.6 Å². The molecule has 0 N–H and O–H groups in total. The quantitative estimate of drug-likeness (QED) is 0.0261. The summed E-state index contributed by atoms with van der Waals surface area (Å²) < 4.78 is 16.8. The molecule has 0 aliphatic heterocycles. The number of ether oxygens (including phenoxy) is 3. The second kappa shape index (κ2) is 58.2. The average Bonchev–Trinajstić information content (AvgIpc) is 3.36. The Hall–Kier alpha value is -3.41. The summed E-state index contributed by atoms with van der Waals surface area (Å²) in [5, 5.41) is 0. The van der Waals surface area contributed by atoms with E-state index >= 15 is 0 Å². The van der Waals surface area contributed by atoms with Crippen LogP contribution in [0.25, 0.3) is 0 Å². The Kier molecular flexibility index (Phi) is 55.3. The van der Waals surface area contributed by atoms with E-state index in [1.807, 2.05) is 0 Å². The predicted molar refractivity (Wildman–Crippen MR) is 302 cm³/mol. The third-order valence-corrected chi connectivity index (χ3v) is 12.6. The zero-order valence-electron chi connectivity index (χ0n) is 46.0. The molecule has 402 valence electrons. The molecule has 0 aromatic carbocycles. The highest BCUT2D eigenvalue weighted by Crippen LogP contribution is 2.15. The first-order valence-corrected chi connectivity index (χ1v) is 29.6. The molecular formula is C64H110O6. The molecule has 0 aliphatic rings. The second-order valence-corrected chi connectivity index (χ2v) is 19.5. The highest BCUT2D eigenvalue weighted by molar-refractivity contribution is 5.71. The van der Waals surface area contributed by atoms with E-state index in [1.165, 1.54) is 128 Å². The van der Waals surface area contributed by atoms with Crippen LogP contribution in [0, 0.1) is 0 Å². The van der Waals surface area contributed by atoms with Gasteiger partial charge in [0.1, 0.15) is 13.2 Å². The molecule has 6 nitrogen and oxygen atoms in total. The van der Waals surface area contributed by atoms with Crippen LogP contribution in [-0.4, -0.2) is 37.2 Å². The van der Waals surface area contributed by atoms with Crippen molar-refractivity contribution in [3.8, 4) is 0 Å². The van der Waals surface area contributed by atoms with Crippen molar-refractivity contribution >= 4 is 17.9 Å². The van der Waals surface area contributed by atoms with Crippen molar-refractivity contribution in [1.29, 1.82) is 0 Å². The molecule has 0 aromatic rings. The van der Waals surface area contributed by atoms with Crippen LogP contribution in [0.1, 0.15) is 284 Å². The van der Waals surface area contributed by atoms with Crippen molar-refractivity contribution in [2.24, 2.45) is 0 Å². The highest BCUT2D eigenvalue weighted by atomic mass is 16.6. The number of allylic oxidation sites excluding steroid dienone is 14. The molecule has 0 fully saturated rings. The van der Waals surface area contributed by atoms with Crippen molar-refractivity contribution in [2.45, 2.75) is 290 Å². The lowest BCUT2D eigenvalue weighted by atomic mass is 10.1. The van der Waals surface area contributed by atoms with Gasteiger partial charge >= 0.3 is 17.9 Å². The molecule has 0 radical (unpaired) electrons. The van der Waals surface area contributed by atoms with E-state index in [4.69, 9.17) is 14.2 Å². The van der Waals surface area contributed by atoms with Gasteiger partial charge in [-0.25, -0.2) is 0 Å². The summed E-state index contributed by atoms with van der Waals surface area (Å²) in [7, 11) is 0. The molecule has 0 saturated heterocycles. The largest absolute Gasteiger partial charge is 0.462 e. The van der Waals surface area contributed by atoms with Gasteiger partial charge in [-0.1, -0.05) is 254 Å². The van der Waals surface area contributed by atoms with Gasteiger partial charge in [0.25, 0.3) is 0 Å². The number of unbranched alkanes of at least 4 members (excludes halogenated alkanes) is 28. The van der Waals surface area contributed by atoms with E-state index < -0.39 is 6.10 Å². The van der Waals surface area contributed by atoms with E-state index in [9.17, 15) is 14.4 Å². The smallest absolute Gasteiger partial charge is 0.306 e. The maximum atomic E-state index is 12.8. The summed E-state index contributed by atoms with van der Waals surface area (Å²) in [6.45, 7) is 6.51. The van der Waals surface area contributed by atoms with Crippen LogP contribution in [0.2, 0.25) is 0 Å². The summed E-state index contributed by atoms with van der Waals surface area (Å²) in [5.74, 6) is -0.891. The van der Waals surface area contributed by atoms with Crippen LogP contribution >= 0.6 is 0 Å². The zero-order chi connectivity index (χ0) is 50.7. The minimum atomic E-state index is -0.782. The molecule has 0 aromatic heterocycles. The number of carbonyl (C=O) groups is 3. The predicted octanol–water partition coefficient (Wildman–Crippen LogP) is 19.9. The summed E-state index contributed by atoms with van der Waals surface area (Å²) in [6.07, 6.45) is 75.8. The highest BCUT2D eigenvalue weighted by Gasteiger charge is 2.19. The normalized spacial score (nSPS) is 12.7. The molecule has 0 saturated carbocycles. The van der Waals surface area contributed by atoms with Gasteiger partial charge in [-0.15, -0.1) is 0 Å². The standard InChI is InChI=1S/C64H110O6/c1-4-7-10-13-16-19-22-24-26-27-28-29-30-31-32-33-34-35-36-37-38-40-42-45-48-51-54-57-63(66)69-60-61(59-68-62(65)56-53-50-47-44-41-21-18-15-12-9-6-3)70-64(67)58-55-52-49-46-43-39-25-23-20-17-14-11-8-5-2/h7,10,16,19,23-26,28-29,31-32,34-35,61H,4-6,8-9,11-15,17-18,20-22,27,30,33,36-60H2,1-3H3/b10-7-,19-16-,25-23-,26-24-,29-28-,32-31-,35-34-. The third kappa shape index (κ3) is 55.5. The van der Waals surface area contributed by atoms with Gasteiger partial charge in [-0.3, -0.25) is 14.4 Å². The van der Waals surface area contributed by atoms with Gasteiger partial charge in [0.2, 0.25) is 0 Å². The summed E-state index contributed by atoms with van der Waals surface area (Å²) in [4.78, 5) is 38.1. The molecule has 0 rings (SSSR count). The van der Waals surface area contributed by atoms with Gasteiger partial charge < -0.3 is 14.2 Å². The van der Waals surface area contributed by atoms with Crippen molar-refractivity contribution in [1.82, 2.24) is 0 Å². The van der Waals surface area contributed by atoms with Crippen LogP contribution in [0.3, 0.4) is 0 Å². The molecule has 0 bridgehead atoms. The van der Waals surface area contributed by atoms with Gasteiger partial charge in [0.15, 0.2) is 6.10 Å². The van der Waals surface area contributed by atoms with Gasteiger partial charge in [-0.05, 0) is 96.3 Å². The molecular weight excluding hydrogens is 865 g/mol. The van der Waals surface area contributed by atoms with Crippen LogP contribution < -0.4 is 0 Å². The molecule has 70 heavy (non-hydrogen) atoms. The van der Waals surface area contributed by atoms with Gasteiger partial charge in [0.05, 0.1) is 0 Å².